The summed E-state index contributed by atoms with van der Waals surface area (Å²) in [4.78, 5) is 36.3. The summed E-state index contributed by atoms with van der Waals surface area (Å²) in [6.07, 6.45) is -4.86. The predicted octanol–water partition coefficient (Wildman–Crippen LogP) is 4.41. The molecule has 0 atom stereocenters. The molecular formula is C18H16ClF4NO4S. The van der Waals surface area contributed by atoms with Gasteiger partial charge in [0.25, 0.3) is 0 Å². The molecule has 0 unspecified atom stereocenters. The Morgan fingerprint density at radius 1 is 1.24 bits per heavy atom. The molecule has 1 saturated carbocycles. The fourth-order valence-corrected chi connectivity index (χ4v) is 4.70. The van der Waals surface area contributed by atoms with Crippen LogP contribution in [0.15, 0.2) is 17.0 Å². The molecule has 0 aromatic heterocycles. The number of alkyl halides is 3. The van der Waals surface area contributed by atoms with Crippen LogP contribution in [-0.2, 0) is 24.5 Å². The topological polar surface area (TPSA) is 63.7 Å². The van der Waals surface area contributed by atoms with E-state index in [1.54, 1.807) is 0 Å². The molecule has 0 bridgehead atoms. The van der Waals surface area contributed by atoms with E-state index in [1.807, 2.05) is 0 Å². The number of methoxy groups -OCH3 is 1. The van der Waals surface area contributed by atoms with Crippen LogP contribution in [0.25, 0.3) is 0 Å². The van der Waals surface area contributed by atoms with Gasteiger partial charge in [-0.3, -0.25) is 14.4 Å². The van der Waals surface area contributed by atoms with Gasteiger partial charge in [0.1, 0.15) is 5.82 Å². The van der Waals surface area contributed by atoms with Crippen LogP contribution in [0.1, 0.15) is 37.7 Å². The maximum Gasteiger partial charge on any atom is 0.392 e. The second kappa shape index (κ2) is 7.79. The number of rotatable bonds is 4. The molecule has 2 amide bonds. The first-order valence-electron chi connectivity index (χ1n) is 8.68. The third-order valence-electron chi connectivity index (χ3n) is 5.27. The van der Waals surface area contributed by atoms with Gasteiger partial charge < -0.3 is 4.74 Å². The molecule has 1 heterocycles. The molecule has 29 heavy (non-hydrogen) atoms. The first-order valence-corrected chi connectivity index (χ1v) is 9.83. The molecule has 1 aromatic rings. The molecule has 3 rings (SSSR count). The van der Waals surface area contributed by atoms with Gasteiger partial charge in [0.15, 0.2) is 0 Å². The van der Waals surface area contributed by atoms with E-state index < -0.39 is 54.0 Å². The highest BCUT2D eigenvalue weighted by atomic mass is 35.5. The second-order valence-corrected chi connectivity index (χ2v) is 8.40. The molecule has 0 N–H and O–H groups in total. The van der Waals surface area contributed by atoms with Crippen LogP contribution in [0.3, 0.4) is 0 Å². The van der Waals surface area contributed by atoms with Crippen LogP contribution in [0, 0.1) is 11.7 Å². The Morgan fingerprint density at radius 2 is 1.83 bits per heavy atom. The van der Waals surface area contributed by atoms with Gasteiger partial charge in [-0.2, -0.15) is 13.2 Å². The molecule has 11 heteroatoms. The summed E-state index contributed by atoms with van der Waals surface area (Å²) in [5, 5.41) is -0.00890. The first kappa shape index (κ1) is 21.9. The quantitative estimate of drug-likeness (QED) is 0.292. The molecule has 2 fully saturated rings. The summed E-state index contributed by atoms with van der Waals surface area (Å²) >= 11 is 6.53. The second-order valence-electron chi connectivity index (χ2n) is 7.01. The van der Waals surface area contributed by atoms with Gasteiger partial charge in [-0.15, -0.1) is 0 Å². The van der Waals surface area contributed by atoms with E-state index in [1.165, 1.54) is 13.2 Å². The van der Waals surface area contributed by atoms with Crippen LogP contribution in [0.5, 0.6) is 0 Å². The number of piperidine rings is 1. The SMILES string of the molecule is COC(=O)C1(c2cc(SN3C(=O)CC(C(F)(F)F)CC3=O)c(F)cc2Cl)CCC1. The lowest BCUT2D eigenvalue weighted by molar-refractivity contribution is -0.190. The number of carbonyl (C=O) groups is 3. The Balaban J connectivity index is 1.90. The summed E-state index contributed by atoms with van der Waals surface area (Å²) in [7, 11) is 1.22. The van der Waals surface area contributed by atoms with E-state index in [2.05, 4.69) is 0 Å². The molecule has 2 aliphatic rings. The van der Waals surface area contributed by atoms with Gasteiger partial charge in [-0.1, -0.05) is 18.0 Å². The minimum Gasteiger partial charge on any atom is -0.468 e. The van der Waals surface area contributed by atoms with Gasteiger partial charge in [0.2, 0.25) is 11.8 Å². The average molecular weight is 454 g/mol. The number of imide groups is 1. The Bertz CT molecular complexity index is 854. The number of hydrogen-bond acceptors (Lipinski definition) is 5. The number of ether oxygens (including phenoxy) is 1. The maximum absolute atomic E-state index is 14.4. The monoisotopic (exact) mass is 453 g/mol. The minimum atomic E-state index is -4.67. The van der Waals surface area contributed by atoms with Crippen molar-refractivity contribution in [1.29, 1.82) is 0 Å². The van der Waals surface area contributed by atoms with E-state index >= 15 is 0 Å². The summed E-state index contributed by atoms with van der Waals surface area (Å²) < 4.78 is 58.3. The standard InChI is InChI=1S/C18H16ClF4NO4S/c1-28-16(27)17(3-2-4-17)10-7-13(12(20)8-11(10)19)29-24-14(25)5-9(6-15(24)26)18(21,22)23/h7-9H,2-6H2,1H3. The number of hydrogen-bond donors (Lipinski definition) is 0. The van der Waals surface area contributed by atoms with Gasteiger partial charge in [0, 0.05) is 29.8 Å². The molecule has 1 saturated heterocycles. The zero-order valence-corrected chi connectivity index (χ0v) is 16.7. The Morgan fingerprint density at radius 3 is 2.28 bits per heavy atom. The van der Waals surface area contributed by atoms with Crippen molar-refractivity contribution in [3.05, 3.63) is 28.5 Å². The van der Waals surface area contributed by atoms with Crippen molar-refractivity contribution in [1.82, 2.24) is 4.31 Å². The van der Waals surface area contributed by atoms with Crippen molar-refractivity contribution in [2.24, 2.45) is 5.92 Å². The lowest BCUT2D eigenvalue weighted by Crippen LogP contribution is -2.44. The zero-order chi connectivity index (χ0) is 21.6. The normalized spacial score (nSPS) is 19.9. The molecule has 1 aliphatic heterocycles. The van der Waals surface area contributed by atoms with Crippen molar-refractivity contribution in [3.63, 3.8) is 0 Å². The van der Waals surface area contributed by atoms with Crippen molar-refractivity contribution < 1.29 is 36.7 Å². The summed E-state index contributed by atoms with van der Waals surface area (Å²) in [5.74, 6) is -5.57. The van der Waals surface area contributed by atoms with Gasteiger partial charge in [-0.25, -0.2) is 8.70 Å². The number of esters is 1. The van der Waals surface area contributed by atoms with E-state index in [0.29, 0.717) is 34.7 Å². The third-order valence-corrected chi connectivity index (χ3v) is 6.68. The average Bonchev–Trinajstić information content (AvgIpc) is 2.58. The summed E-state index contributed by atoms with van der Waals surface area (Å²) in [6, 6.07) is 2.22. The number of benzene rings is 1. The number of amides is 2. The highest BCUT2D eigenvalue weighted by molar-refractivity contribution is 7.98. The van der Waals surface area contributed by atoms with Crippen LogP contribution in [0.4, 0.5) is 17.6 Å². The number of carbonyl (C=O) groups excluding carboxylic acids is 3. The Labute approximate surface area is 172 Å². The Hall–Kier alpha value is -1.81. The van der Waals surface area contributed by atoms with E-state index in [4.69, 9.17) is 16.3 Å². The number of halogens is 5. The summed E-state index contributed by atoms with van der Waals surface area (Å²) in [5.41, 5.74) is -0.752. The molecule has 158 valence electrons. The summed E-state index contributed by atoms with van der Waals surface area (Å²) in [6.45, 7) is 0. The largest absolute Gasteiger partial charge is 0.468 e. The van der Waals surface area contributed by atoms with E-state index in [-0.39, 0.29) is 9.92 Å². The molecule has 1 aliphatic carbocycles. The first-order chi connectivity index (χ1) is 13.5. The molecule has 5 nitrogen and oxygen atoms in total. The fraction of sp³-hybridized carbons (Fsp3) is 0.500. The zero-order valence-electron chi connectivity index (χ0n) is 15.1. The molecule has 1 aromatic carbocycles. The fourth-order valence-electron chi connectivity index (χ4n) is 3.51. The smallest absolute Gasteiger partial charge is 0.392 e. The van der Waals surface area contributed by atoms with Gasteiger partial charge in [-0.05, 0) is 30.5 Å². The van der Waals surface area contributed by atoms with Crippen molar-refractivity contribution in [2.45, 2.75) is 48.6 Å². The highest BCUT2D eigenvalue weighted by Gasteiger charge is 2.49. The van der Waals surface area contributed by atoms with Gasteiger partial charge >= 0.3 is 12.1 Å². The third kappa shape index (κ3) is 3.96. The van der Waals surface area contributed by atoms with Crippen LogP contribution in [-0.4, -0.2) is 35.4 Å². The lowest BCUT2D eigenvalue weighted by atomic mass is 9.64. The van der Waals surface area contributed by atoms with Crippen molar-refractivity contribution in [3.8, 4) is 0 Å². The van der Waals surface area contributed by atoms with Crippen LogP contribution in [0.2, 0.25) is 5.02 Å². The minimum absolute atomic E-state index is 0.00890. The van der Waals surface area contributed by atoms with Crippen LogP contribution < -0.4 is 0 Å². The van der Waals surface area contributed by atoms with Gasteiger partial charge in [0.05, 0.1) is 23.3 Å². The highest BCUT2D eigenvalue weighted by Crippen LogP contribution is 2.49. The lowest BCUT2D eigenvalue weighted by Gasteiger charge is -2.40. The molecule has 0 spiro atoms. The maximum atomic E-state index is 14.4. The number of nitrogens with zero attached hydrogens (tertiary/aromatic N) is 1. The molecular weight excluding hydrogens is 438 g/mol. The van der Waals surface area contributed by atoms with E-state index in [9.17, 15) is 31.9 Å². The predicted molar refractivity (Wildman–Crippen MR) is 95.4 cm³/mol. The van der Waals surface area contributed by atoms with E-state index in [0.717, 1.165) is 12.5 Å². The Kier molecular flexibility index (Phi) is 5.88. The van der Waals surface area contributed by atoms with Crippen LogP contribution >= 0.6 is 23.5 Å². The van der Waals surface area contributed by atoms with Crippen molar-refractivity contribution in [2.75, 3.05) is 7.11 Å². The molecule has 0 radical (unpaired) electrons. The van der Waals surface area contributed by atoms with Crippen molar-refractivity contribution >= 4 is 41.3 Å².